The molecule has 1 rings (SSSR count). The smallest absolute Gasteiger partial charge is 0.317 e. The lowest BCUT2D eigenvalue weighted by Crippen LogP contribution is -2.50. The Kier molecular flexibility index (Phi) is 6.26. The highest BCUT2D eigenvalue weighted by Crippen LogP contribution is 2.35. The first-order valence-electron chi connectivity index (χ1n) is 7.33. The minimum absolute atomic E-state index is 0.0116. The van der Waals surface area contributed by atoms with Crippen molar-refractivity contribution in [3.05, 3.63) is 0 Å². The molecule has 1 fully saturated rings. The number of piperidine rings is 1. The van der Waals surface area contributed by atoms with Gasteiger partial charge in [0.1, 0.15) is 0 Å². The van der Waals surface area contributed by atoms with E-state index < -0.39 is 11.4 Å². The van der Waals surface area contributed by atoms with Crippen LogP contribution in [0.3, 0.4) is 0 Å². The van der Waals surface area contributed by atoms with Gasteiger partial charge in [0.15, 0.2) is 0 Å². The van der Waals surface area contributed by atoms with Gasteiger partial charge in [-0.25, -0.2) is 4.79 Å². The molecule has 0 radical (unpaired) electrons. The molecule has 0 aromatic heterocycles. The molecule has 0 spiro atoms. The number of nitrogens with one attached hydrogen (secondary N) is 1. The average molecular weight is 286 g/mol. The minimum Gasteiger partial charge on any atom is -0.481 e. The van der Waals surface area contributed by atoms with Gasteiger partial charge in [0.2, 0.25) is 0 Å². The van der Waals surface area contributed by atoms with E-state index in [1.807, 2.05) is 20.8 Å². The molecular weight excluding hydrogens is 260 g/mol. The van der Waals surface area contributed by atoms with Crippen LogP contribution >= 0.6 is 0 Å². The largest absolute Gasteiger partial charge is 0.481 e. The quantitative estimate of drug-likeness (QED) is 0.779. The molecular formula is C14H26N2O4. The van der Waals surface area contributed by atoms with Crippen LogP contribution in [0, 0.1) is 5.41 Å². The first-order chi connectivity index (χ1) is 9.45. The predicted molar refractivity (Wildman–Crippen MR) is 75.7 cm³/mol. The van der Waals surface area contributed by atoms with Crippen molar-refractivity contribution in [1.82, 2.24) is 10.2 Å². The summed E-state index contributed by atoms with van der Waals surface area (Å²) in [6.07, 6.45) is 1.64. The Bertz CT molecular complexity index is 338. The van der Waals surface area contributed by atoms with Crippen molar-refractivity contribution < 1.29 is 19.4 Å². The van der Waals surface area contributed by atoms with Crippen LogP contribution in [0.2, 0.25) is 0 Å². The summed E-state index contributed by atoms with van der Waals surface area (Å²) in [5.74, 6) is -0.745. The van der Waals surface area contributed by atoms with Gasteiger partial charge >= 0.3 is 12.0 Å². The lowest BCUT2D eigenvalue weighted by Gasteiger charge is -2.38. The Morgan fingerprint density at radius 2 is 1.95 bits per heavy atom. The van der Waals surface area contributed by atoms with Gasteiger partial charge in [-0.1, -0.05) is 6.92 Å². The maximum Gasteiger partial charge on any atom is 0.317 e. The zero-order valence-corrected chi connectivity index (χ0v) is 12.6. The number of nitrogens with zero attached hydrogens (tertiary/aromatic N) is 1. The molecule has 1 saturated heterocycles. The van der Waals surface area contributed by atoms with Crippen LogP contribution in [0.25, 0.3) is 0 Å². The molecule has 1 heterocycles. The number of rotatable bonds is 6. The third-order valence-electron chi connectivity index (χ3n) is 4.13. The Morgan fingerprint density at radius 1 is 1.35 bits per heavy atom. The van der Waals surface area contributed by atoms with Gasteiger partial charge in [-0.3, -0.25) is 4.79 Å². The van der Waals surface area contributed by atoms with Crippen molar-refractivity contribution in [2.45, 2.75) is 46.1 Å². The number of hydrogen-bond acceptors (Lipinski definition) is 3. The third-order valence-corrected chi connectivity index (χ3v) is 4.13. The van der Waals surface area contributed by atoms with Crippen LogP contribution in [0.4, 0.5) is 4.79 Å². The van der Waals surface area contributed by atoms with Gasteiger partial charge in [0.05, 0.1) is 11.5 Å². The molecule has 2 N–H and O–H groups in total. The van der Waals surface area contributed by atoms with Crippen LogP contribution in [0.15, 0.2) is 0 Å². The zero-order valence-electron chi connectivity index (χ0n) is 12.6. The van der Waals surface area contributed by atoms with Crippen molar-refractivity contribution >= 4 is 12.0 Å². The molecule has 1 atom stereocenters. The van der Waals surface area contributed by atoms with Crippen molar-refractivity contribution in [3.63, 3.8) is 0 Å². The van der Waals surface area contributed by atoms with E-state index in [1.165, 1.54) is 0 Å². The summed E-state index contributed by atoms with van der Waals surface area (Å²) in [4.78, 5) is 25.0. The molecule has 0 aliphatic carbocycles. The van der Waals surface area contributed by atoms with Gasteiger partial charge in [0.25, 0.3) is 0 Å². The first-order valence-corrected chi connectivity index (χ1v) is 7.33. The van der Waals surface area contributed by atoms with E-state index >= 15 is 0 Å². The van der Waals surface area contributed by atoms with E-state index in [0.29, 0.717) is 45.5 Å². The van der Waals surface area contributed by atoms with Gasteiger partial charge < -0.3 is 20.1 Å². The second kappa shape index (κ2) is 7.47. The summed E-state index contributed by atoms with van der Waals surface area (Å²) in [7, 11) is 0. The molecule has 6 nitrogen and oxygen atoms in total. The number of ether oxygens (including phenoxy) is 1. The molecule has 6 heteroatoms. The van der Waals surface area contributed by atoms with Crippen molar-refractivity contribution in [1.29, 1.82) is 0 Å². The standard InChI is InChI=1S/C14H26N2O4/c1-4-14(12(17)18)6-8-16(9-7-14)13(19)15-10-11(3)20-5-2/h11H,4-10H2,1-3H3,(H,15,19)(H,17,18). The van der Waals surface area contributed by atoms with Gasteiger partial charge in [-0.2, -0.15) is 0 Å². The Morgan fingerprint density at radius 3 is 2.40 bits per heavy atom. The Balaban J connectivity index is 2.41. The Hall–Kier alpha value is -1.30. The highest BCUT2D eigenvalue weighted by molar-refractivity contribution is 5.77. The first kappa shape index (κ1) is 16.8. The maximum atomic E-state index is 12.0. The van der Waals surface area contributed by atoms with Crippen LogP contribution in [-0.2, 0) is 9.53 Å². The molecule has 1 aliphatic heterocycles. The highest BCUT2D eigenvalue weighted by Gasteiger charge is 2.40. The van der Waals surface area contributed by atoms with E-state index in [9.17, 15) is 14.7 Å². The lowest BCUT2D eigenvalue weighted by molar-refractivity contribution is -0.151. The lowest BCUT2D eigenvalue weighted by atomic mass is 9.76. The van der Waals surface area contributed by atoms with E-state index in [4.69, 9.17) is 4.74 Å². The molecule has 0 saturated carbocycles. The minimum atomic E-state index is -0.745. The predicted octanol–water partition coefficient (Wildman–Crippen LogP) is 1.70. The highest BCUT2D eigenvalue weighted by atomic mass is 16.5. The summed E-state index contributed by atoms with van der Waals surface area (Å²) in [5, 5.41) is 12.1. The zero-order chi connectivity index (χ0) is 15.2. The summed E-state index contributed by atoms with van der Waals surface area (Å²) < 4.78 is 5.35. The van der Waals surface area contributed by atoms with Gasteiger partial charge in [0, 0.05) is 26.2 Å². The monoisotopic (exact) mass is 286 g/mol. The summed E-state index contributed by atoms with van der Waals surface area (Å²) in [5.41, 5.74) is -0.657. The number of urea groups is 1. The maximum absolute atomic E-state index is 12.0. The van der Waals surface area contributed by atoms with Gasteiger partial charge in [-0.15, -0.1) is 0 Å². The molecule has 1 unspecified atom stereocenters. The number of likely N-dealkylation sites (tertiary alicyclic amines) is 1. The number of aliphatic carboxylic acids is 1. The molecule has 0 aromatic rings. The average Bonchev–Trinajstić information content (AvgIpc) is 2.45. The summed E-state index contributed by atoms with van der Waals surface area (Å²) in [6.45, 7) is 7.81. The number of hydrogen-bond donors (Lipinski definition) is 2. The van der Waals surface area contributed by atoms with E-state index in [1.54, 1.807) is 4.90 Å². The SMILES string of the molecule is CCOC(C)CNC(=O)N1CCC(CC)(C(=O)O)CC1. The number of amides is 2. The van der Waals surface area contributed by atoms with Crippen LogP contribution in [0.1, 0.15) is 40.0 Å². The normalized spacial score (nSPS) is 19.4. The molecule has 116 valence electrons. The molecule has 1 aliphatic rings. The molecule has 20 heavy (non-hydrogen) atoms. The van der Waals surface area contributed by atoms with E-state index in [-0.39, 0.29) is 12.1 Å². The topological polar surface area (TPSA) is 78.9 Å². The molecule has 0 bridgehead atoms. The summed E-state index contributed by atoms with van der Waals surface area (Å²) >= 11 is 0. The summed E-state index contributed by atoms with van der Waals surface area (Å²) in [6, 6.07) is -0.133. The fraction of sp³-hybridized carbons (Fsp3) is 0.857. The third kappa shape index (κ3) is 4.10. The molecule has 2 amide bonds. The van der Waals surface area contributed by atoms with Gasteiger partial charge in [-0.05, 0) is 33.1 Å². The van der Waals surface area contributed by atoms with E-state index in [0.717, 1.165) is 0 Å². The van der Waals surface area contributed by atoms with Crippen LogP contribution in [0.5, 0.6) is 0 Å². The fourth-order valence-electron chi connectivity index (χ4n) is 2.54. The van der Waals surface area contributed by atoms with Crippen LogP contribution in [-0.4, -0.2) is 54.4 Å². The van der Waals surface area contributed by atoms with Crippen LogP contribution < -0.4 is 5.32 Å². The number of carboxylic acids is 1. The van der Waals surface area contributed by atoms with E-state index in [2.05, 4.69) is 5.32 Å². The molecule has 0 aromatic carbocycles. The Labute approximate surface area is 120 Å². The number of carboxylic acid groups (broad SMARTS) is 1. The fourth-order valence-corrected chi connectivity index (χ4v) is 2.54. The van der Waals surface area contributed by atoms with Crippen molar-refractivity contribution in [3.8, 4) is 0 Å². The van der Waals surface area contributed by atoms with Crippen molar-refractivity contribution in [2.75, 3.05) is 26.2 Å². The number of carbonyl (C=O) groups excluding carboxylic acids is 1. The number of carbonyl (C=O) groups is 2. The second-order valence-corrected chi connectivity index (χ2v) is 5.38. The van der Waals surface area contributed by atoms with Crippen molar-refractivity contribution in [2.24, 2.45) is 5.41 Å². The second-order valence-electron chi connectivity index (χ2n) is 5.38.